The van der Waals surface area contributed by atoms with Gasteiger partial charge < -0.3 is 26.0 Å². The minimum Gasteiger partial charge on any atom is -0.444 e. The first kappa shape index (κ1) is 18.3. The van der Waals surface area contributed by atoms with Crippen LogP contribution in [0.5, 0.6) is 0 Å². The Morgan fingerprint density at radius 2 is 2.00 bits per heavy atom. The second-order valence-corrected chi connectivity index (χ2v) is 6.35. The first-order chi connectivity index (χ1) is 10.1. The number of hydrogen-bond acceptors (Lipinski definition) is 5. The summed E-state index contributed by atoms with van der Waals surface area (Å²) in [5.74, 6) is 0. The van der Waals surface area contributed by atoms with Crippen molar-refractivity contribution in [2.75, 3.05) is 12.3 Å². The number of carbonyl (C=O) groups is 1. The molecule has 6 nitrogen and oxygen atoms in total. The van der Waals surface area contributed by atoms with Crippen molar-refractivity contribution in [1.82, 2.24) is 5.32 Å². The average Bonchev–Trinajstić information content (AvgIpc) is 2.38. The summed E-state index contributed by atoms with van der Waals surface area (Å²) >= 11 is 0. The molecule has 22 heavy (non-hydrogen) atoms. The third-order valence-corrected chi connectivity index (χ3v) is 3.09. The van der Waals surface area contributed by atoms with Crippen LogP contribution in [0.1, 0.15) is 44.4 Å². The lowest BCUT2D eigenvalue weighted by molar-refractivity contribution is 0.0120. The quantitative estimate of drug-likeness (QED) is 0.622. The summed E-state index contributed by atoms with van der Waals surface area (Å²) < 4.78 is 5.09. The molecule has 1 amide bonds. The number of anilines is 1. The summed E-state index contributed by atoms with van der Waals surface area (Å²) in [5, 5.41) is 22.8. The third-order valence-electron chi connectivity index (χ3n) is 3.09. The smallest absolute Gasteiger partial charge is 0.407 e. The molecule has 0 bridgehead atoms. The minimum atomic E-state index is -1.05. The number of aliphatic hydroxyl groups excluding tert-OH is 2. The molecule has 2 atom stereocenters. The average molecular weight is 310 g/mol. The van der Waals surface area contributed by atoms with Gasteiger partial charge in [-0.05, 0) is 57.4 Å². The molecule has 0 aliphatic rings. The van der Waals surface area contributed by atoms with Crippen molar-refractivity contribution < 1.29 is 19.7 Å². The number of aliphatic hydroxyl groups is 2. The fourth-order valence-corrected chi connectivity index (χ4v) is 1.98. The van der Waals surface area contributed by atoms with Gasteiger partial charge in [0.1, 0.15) is 11.7 Å². The zero-order valence-electron chi connectivity index (χ0n) is 13.6. The summed E-state index contributed by atoms with van der Waals surface area (Å²) in [7, 11) is 0. The van der Waals surface area contributed by atoms with Crippen LogP contribution in [0.3, 0.4) is 0 Å². The second-order valence-electron chi connectivity index (χ2n) is 6.35. The summed E-state index contributed by atoms with van der Waals surface area (Å²) in [6.45, 7) is 7.35. The van der Waals surface area contributed by atoms with Crippen molar-refractivity contribution >= 4 is 11.8 Å². The number of alkyl carbamates (subject to hydrolysis) is 1. The van der Waals surface area contributed by atoms with Crippen LogP contribution in [0.25, 0.3) is 0 Å². The molecule has 0 aliphatic heterocycles. The highest BCUT2D eigenvalue weighted by atomic mass is 16.6. The second kappa shape index (κ2) is 7.47. The van der Waals surface area contributed by atoms with Crippen molar-refractivity contribution in [1.29, 1.82) is 0 Å². The lowest BCUT2D eigenvalue weighted by Gasteiger charge is -2.22. The van der Waals surface area contributed by atoms with E-state index in [1.54, 1.807) is 39.0 Å². The van der Waals surface area contributed by atoms with E-state index in [0.29, 0.717) is 11.3 Å². The molecule has 0 spiro atoms. The van der Waals surface area contributed by atoms with Gasteiger partial charge >= 0.3 is 6.09 Å². The van der Waals surface area contributed by atoms with Gasteiger partial charge in [0.25, 0.3) is 0 Å². The zero-order valence-corrected chi connectivity index (χ0v) is 13.6. The van der Waals surface area contributed by atoms with Crippen molar-refractivity contribution in [3.63, 3.8) is 0 Å². The first-order valence-electron chi connectivity index (χ1n) is 7.29. The molecule has 0 aliphatic carbocycles. The molecule has 2 unspecified atom stereocenters. The highest BCUT2D eigenvalue weighted by Crippen LogP contribution is 2.24. The van der Waals surface area contributed by atoms with Gasteiger partial charge in [0.15, 0.2) is 0 Å². The molecular formula is C16H26N2O4. The zero-order chi connectivity index (χ0) is 16.9. The number of nitrogens with two attached hydrogens (primary N) is 1. The lowest BCUT2D eigenvalue weighted by Crippen LogP contribution is -2.34. The molecule has 1 rings (SSSR count). The highest BCUT2D eigenvalue weighted by Gasteiger charge is 2.21. The maximum absolute atomic E-state index is 11.5. The van der Waals surface area contributed by atoms with Crippen LogP contribution in [0.2, 0.25) is 0 Å². The normalized spacial score (nSPS) is 14.3. The van der Waals surface area contributed by atoms with Gasteiger partial charge in [-0.3, -0.25) is 0 Å². The Balaban J connectivity index is 2.50. The Morgan fingerprint density at radius 1 is 1.36 bits per heavy atom. The Hall–Kier alpha value is -1.79. The molecule has 124 valence electrons. The number of carbonyl (C=O) groups excluding carboxylic acids is 1. The number of rotatable bonds is 5. The Morgan fingerprint density at radius 3 is 2.59 bits per heavy atom. The Kier molecular flexibility index (Phi) is 6.20. The van der Waals surface area contributed by atoms with E-state index in [2.05, 4.69) is 5.32 Å². The van der Waals surface area contributed by atoms with Crippen LogP contribution >= 0.6 is 0 Å². The number of nitrogen functional groups attached to an aromatic ring is 1. The molecular weight excluding hydrogens is 284 g/mol. The third kappa shape index (κ3) is 5.91. The number of nitrogens with one attached hydrogen (secondary N) is 1. The van der Waals surface area contributed by atoms with E-state index in [9.17, 15) is 15.0 Å². The largest absolute Gasteiger partial charge is 0.444 e. The number of ether oxygens (including phenoxy) is 1. The van der Waals surface area contributed by atoms with E-state index in [-0.39, 0.29) is 13.0 Å². The van der Waals surface area contributed by atoms with E-state index in [0.717, 1.165) is 5.56 Å². The van der Waals surface area contributed by atoms with E-state index in [1.165, 1.54) is 0 Å². The number of aryl methyl sites for hydroxylation is 1. The van der Waals surface area contributed by atoms with Crippen molar-refractivity contribution in [2.24, 2.45) is 0 Å². The summed E-state index contributed by atoms with van der Waals surface area (Å²) in [5.41, 5.74) is 7.09. The highest BCUT2D eigenvalue weighted by molar-refractivity contribution is 5.67. The standard InChI is InChI=1S/C16H26N2O4/c1-10-5-6-11(17)9-12(10)14(20)13(19)7-8-18-15(21)22-16(2,3)4/h5-6,9,13-14,19-20H,7-8,17H2,1-4H3,(H,18,21). The van der Waals surface area contributed by atoms with Crippen LogP contribution in [0.4, 0.5) is 10.5 Å². The Bertz CT molecular complexity index is 511. The summed E-state index contributed by atoms with van der Waals surface area (Å²) in [6, 6.07) is 5.17. The van der Waals surface area contributed by atoms with Gasteiger partial charge in [-0.1, -0.05) is 6.07 Å². The predicted octanol–water partition coefficient (Wildman–Crippen LogP) is 1.89. The molecule has 0 aromatic heterocycles. The van der Waals surface area contributed by atoms with Gasteiger partial charge in [0.2, 0.25) is 0 Å². The van der Waals surface area contributed by atoms with E-state index >= 15 is 0 Å². The molecule has 5 N–H and O–H groups in total. The molecule has 0 saturated carbocycles. The molecule has 0 heterocycles. The first-order valence-corrected chi connectivity index (χ1v) is 7.29. The van der Waals surface area contributed by atoms with E-state index in [1.807, 2.05) is 6.92 Å². The maximum atomic E-state index is 11.5. The van der Waals surface area contributed by atoms with Crippen LogP contribution in [0.15, 0.2) is 18.2 Å². The predicted molar refractivity (Wildman–Crippen MR) is 85.4 cm³/mol. The fraction of sp³-hybridized carbons (Fsp3) is 0.562. The van der Waals surface area contributed by atoms with Gasteiger partial charge in [-0.2, -0.15) is 0 Å². The monoisotopic (exact) mass is 310 g/mol. The summed E-state index contributed by atoms with van der Waals surface area (Å²) in [4.78, 5) is 11.5. The number of hydrogen-bond donors (Lipinski definition) is 4. The van der Waals surface area contributed by atoms with Crippen molar-refractivity contribution in [3.05, 3.63) is 29.3 Å². The van der Waals surface area contributed by atoms with Crippen LogP contribution in [0, 0.1) is 6.92 Å². The number of benzene rings is 1. The summed E-state index contributed by atoms with van der Waals surface area (Å²) in [6.07, 6.45) is -2.40. The van der Waals surface area contributed by atoms with E-state index < -0.39 is 23.9 Å². The topological polar surface area (TPSA) is 105 Å². The minimum absolute atomic E-state index is 0.203. The SMILES string of the molecule is Cc1ccc(N)cc1C(O)C(O)CCNC(=O)OC(C)(C)C. The van der Waals surface area contributed by atoms with Crippen LogP contribution in [-0.2, 0) is 4.74 Å². The van der Waals surface area contributed by atoms with Gasteiger partial charge in [-0.25, -0.2) is 4.79 Å². The van der Waals surface area contributed by atoms with Gasteiger partial charge in [0, 0.05) is 12.2 Å². The van der Waals surface area contributed by atoms with Gasteiger partial charge in [-0.15, -0.1) is 0 Å². The van der Waals surface area contributed by atoms with Crippen molar-refractivity contribution in [3.8, 4) is 0 Å². The Labute approximate surface area is 131 Å². The molecule has 0 saturated heterocycles. The fourth-order valence-electron chi connectivity index (χ4n) is 1.98. The molecule has 1 aromatic rings. The van der Waals surface area contributed by atoms with Crippen LogP contribution < -0.4 is 11.1 Å². The molecule has 1 aromatic carbocycles. The maximum Gasteiger partial charge on any atom is 0.407 e. The lowest BCUT2D eigenvalue weighted by atomic mass is 9.97. The van der Waals surface area contributed by atoms with E-state index in [4.69, 9.17) is 10.5 Å². The molecule has 0 radical (unpaired) electrons. The number of amides is 1. The van der Waals surface area contributed by atoms with Crippen LogP contribution in [-0.4, -0.2) is 34.6 Å². The molecule has 6 heteroatoms. The van der Waals surface area contributed by atoms with Gasteiger partial charge in [0.05, 0.1) is 6.10 Å². The van der Waals surface area contributed by atoms with Crippen molar-refractivity contribution in [2.45, 2.75) is 51.9 Å². The molecule has 0 fully saturated rings.